The number of carbonyl (C=O) groups excluding carboxylic acids is 2. The first-order valence-corrected chi connectivity index (χ1v) is 10.3. The van der Waals surface area contributed by atoms with E-state index >= 15 is 0 Å². The van der Waals surface area contributed by atoms with E-state index in [4.69, 9.17) is 4.52 Å². The first-order valence-electron chi connectivity index (χ1n) is 8.47. The smallest absolute Gasteiger partial charge is 0.282 e. The minimum atomic E-state index is 0.00919. The Morgan fingerprint density at radius 3 is 2.77 bits per heavy atom. The lowest BCUT2D eigenvalue weighted by Gasteiger charge is -2.34. The van der Waals surface area contributed by atoms with Gasteiger partial charge in [-0.05, 0) is 11.4 Å². The summed E-state index contributed by atoms with van der Waals surface area (Å²) in [6.45, 7) is 4.26. The van der Waals surface area contributed by atoms with Crippen LogP contribution in [0.3, 0.4) is 0 Å². The molecule has 10 heteroatoms. The first kappa shape index (κ1) is 17.5. The van der Waals surface area contributed by atoms with Crippen molar-refractivity contribution in [3.8, 4) is 10.7 Å². The molecule has 0 aromatic carbocycles. The fourth-order valence-electron chi connectivity index (χ4n) is 3.00. The maximum Gasteiger partial charge on any atom is 0.282 e. The minimum absolute atomic E-state index is 0.00919. The van der Waals surface area contributed by atoms with Crippen molar-refractivity contribution in [1.29, 1.82) is 0 Å². The third kappa shape index (κ3) is 3.92. The zero-order valence-electron chi connectivity index (χ0n) is 14.2. The van der Waals surface area contributed by atoms with Gasteiger partial charge in [0, 0.05) is 38.5 Å². The van der Waals surface area contributed by atoms with Crippen molar-refractivity contribution >= 4 is 34.2 Å². The number of rotatable bonds is 5. The molecule has 26 heavy (non-hydrogen) atoms. The van der Waals surface area contributed by atoms with E-state index in [1.165, 1.54) is 11.8 Å². The van der Waals surface area contributed by atoms with Gasteiger partial charge in [-0.15, -0.1) is 11.3 Å². The second kappa shape index (κ2) is 7.77. The molecule has 0 radical (unpaired) electrons. The molecule has 0 spiro atoms. The highest BCUT2D eigenvalue weighted by molar-refractivity contribution is 8.13. The third-order valence-corrected chi connectivity index (χ3v) is 6.22. The average molecular weight is 393 g/mol. The van der Waals surface area contributed by atoms with Crippen LogP contribution in [0.1, 0.15) is 5.89 Å². The number of hydrogen-bond acceptors (Lipinski definition) is 8. The molecule has 2 amide bonds. The zero-order valence-corrected chi connectivity index (χ0v) is 15.8. The Bertz CT molecular complexity index is 771. The largest absolute Gasteiger partial charge is 0.339 e. The van der Waals surface area contributed by atoms with E-state index in [1.807, 2.05) is 22.4 Å². The summed E-state index contributed by atoms with van der Waals surface area (Å²) >= 11 is 2.86. The second-order valence-electron chi connectivity index (χ2n) is 6.18. The maximum absolute atomic E-state index is 12.4. The number of nitrogens with zero attached hydrogens (tertiary/aromatic N) is 5. The molecular weight excluding hydrogens is 374 g/mol. The van der Waals surface area contributed by atoms with Gasteiger partial charge in [0.05, 0.1) is 11.4 Å². The predicted octanol–water partition coefficient (Wildman–Crippen LogP) is 1.61. The molecule has 4 heterocycles. The van der Waals surface area contributed by atoms with Crippen LogP contribution in [0, 0.1) is 0 Å². The predicted molar refractivity (Wildman–Crippen MR) is 98.9 cm³/mol. The van der Waals surface area contributed by atoms with E-state index in [0.717, 1.165) is 23.7 Å². The molecule has 2 saturated heterocycles. The average Bonchev–Trinajstić information content (AvgIpc) is 3.38. The molecular formula is C16H19N5O3S2. The number of aromatic nitrogens is 2. The molecule has 0 N–H and O–H groups in total. The molecule has 138 valence electrons. The number of thiophene rings is 1. The van der Waals surface area contributed by atoms with Gasteiger partial charge < -0.3 is 14.3 Å². The quantitative estimate of drug-likeness (QED) is 0.763. The highest BCUT2D eigenvalue weighted by Crippen LogP contribution is 2.22. The van der Waals surface area contributed by atoms with Crippen LogP contribution in [0.2, 0.25) is 0 Å². The zero-order chi connectivity index (χ0) is 17.9. The summed E-state index contributed by atoms with van der Waals surface area (Å²) < 4.78 is 5.34. The monoisotopic (exact) mass is 393 g/mol. The standard InChI is InChI=1S/C16H19N5O3S2/c22-14(11-21-7-9-26-16(21)23)20-5-3-19(4-6-20)10-13-17-15(18-24-13)12-2-1-8-25-12/h1-2,8H,3-7,9-11H2. The Morgan fingerprint density at radius 2 is 2.08 bits per heavy atom. The molecule has 0 bridgehead atoms. The fraction of sp³-hybridized carbons (Fsp3) is 0.500. The lowest BCUT2D eigenvalue weighted by molar-refractivity contribution is -0.133. The lowest BCUT2D eigenvalue weighted by Crippen LogP contribution is -2.50. The third-order valence-electron chi connectivity index (χ3n) is 4.46. The Morgan fingerprint density at radius 1 is 1.23 bits per heavy atom. The molecule has 0 atom stereocenters. The summed E-state index contributed by atoms with van der Waals surface area (Å²) in [7, 11) is 0. The van der Waals surface area contributed by atoms with Crippen LogP contribution >= 0.6 is 23.1 Å². The summed E-state index contributed by atoms with van der Waals surface area (Å²) in [5.41, 5.74) is 0. The molecule has 2 aliphatic rings. The topological polar surface area (TPSA) is 82.8 Å². The van der Waals surface area contributed by atoms with E-state index in [-0.39, 0.29) is 17.7 Å². The molecule has 0 aliphatic carbocycles. The van der Waals surface area contributed by atoms with Crippen LogP contribution in [0.25, 0.3) is 10.7 Å². The fourth-order valence-corrected chi connectivity index (χ4v) is 4.48. The maximum atomic E-state index is 12.4. The summed E-state index contributed by atoms with van der Waals surface area (Å²) in [6, 6.07) is 3.92. The Labute approximate surface area is 159 Å². The van der Waals surface area contributed by atoms with Crippen LogP contribution in [-0.4, -0.2) is 81.0 Å². The van der Waals surface area contributed by atoms with E-state index in [1.54, 1.807) is 16.2 Å². The van der Waals surface area contributed by atoms with Crippen molar-refractivity contribution in [1.82, 2.24) is 24.8 Å². The first-order chi connectivity index (χ1) is 12.7. The van der Waals surface area contributed by atoms with Crippen molar-refractivity contribution < 1.29 is 14.1 Å². The molecule has 2 fully saturated rings. The summed E-state index contributed by atoms with van der Waals surface area (Å²) in [4.78, 5) is 35.1. The number of piperazine rings is 1. The lowest BCUT2D eigenvalue weighted by atomic mass is 10.3. The number of hydrogen-bond donors (Lipinski definition) is 0. The van der Waals surface area contributed by atoms with E-state index in [2.05, 4.69) is 15.0 Å². The van der Waals surface area contributed by atoms with Crippen molar-refractivity contribution in [2.24, 2.45) is 0 Å². The van der Waals surface area contributed by atoms with Crippen molar-refractivity contribution in [2.45, 2.75) is 6.54 Å². The van der Waals surface area contributed by atoms with Gasteiger partial charge >= 0.3 is 0 Å². The number of carbonyl (C=O) groups is 2. The van der Waals surface area contributed by atoms with Gasteiger partial charge in [-0.3, -0.25) is 14.5 Å². The van der Waals surface area contributed by atoms with Gasteiger partial charge in [0.15, 0.2) is 0 Å². The summed E-state index contributed by atoms with van der Waals surface area (Å²) in [5, 5.41) is 6.02. The molecule has 8 nitrogen and oxygen atoms in total. The molecule has 2 aromatic rings. The summed E-state index contributed by atoms with van der Waals surface area (Å²) in [5.74, 6) is 2.01. The Balaban J connectivity index is 1.26. The highest BCUT2D eigenvalue weighted by atomic mass is 32.2. The van der Waals surface area contributed by atoms with Gasteiger partial charge in [-0.25, -0.2) is 0 Å². The van der Waals surface area contributed by atoms with E-state index < -0.39 is 0 Å². The highest BCUT2D eigenvalue weighted by Gasteiger charge is 2.28. The molecule has 4 rings (SSSR count). The van der Waals surface area contributed by atoms with E-state index in [9.17, 15) is 9.59 Å². The molecule has 0 saturated carbocycles. The Hall–Kier alpha value is -1.91. The summed E-state index contributed by atoms with van der Waals surface area (Å²) in [6.07, 6.45) is 0. The van der Waals surface area contributed by atoms with Gasteiger partial charge in [0.1, 0.15) is 6.54 Å². The van der Waals surface area contributed by atoms with Crippen molar-refractivity contribution in [3.05, 3.63) is 23.4 Å². The van der Waals surface area contributed by atoms with Gasteiger partial charge in [0.25, 0.3) is 5.24 Å². The minimum Gasteiger partial charge on any atom is -0.339 e. The number of thioether (sulfide) groups is 1. The second-order valence-corrected chi connectivity index (χ2v) is 8.18. The van der Waals surface area contributed by atoms with Crippen LogP contribution in [0.4, 0.5) is 4.79 Å². The van der Waals surface area contributed by atoms with Gasteiger partial charge in [0.2, 0.25) is 17.6 Å². The van der Waals surface area contributed by atoms with Gasteiger partial charge in [-0.2, -0.15) is 4.98 Å². The van der Waals surface area contributed by atoms with Crippen LogP contribution < -0.4 is 0 Å². The van der Waals surface area contributed by atoms with Crippen LogP contribution in [-0.2, 0) is 11.3 Å². The van der Waals surface area contributed by atoms with Crippen LogP contribution in [0.5, 0.6) is 0 Å². The Kier molecular flexibility index (Phi) is 5.23. The molecule has 2 aromatic heterocycles. The molecule has 2 aliphatic heterocycles. The SMILES string of the molecule is O=C(CN1CCSC1=O)N1CCN(Cc2nc(-c3cccs3)no2)CC1. The normalized spacial score (nSPS) is 18.7. The van der Waals surface area contributed by atoms with E-state index in [0.29, 0.717) is 37.9 Å². The molecule has 0 unspecified atom stereocenters. The van der Waals surface area contributed by atoms with Crippen molar-refractivity contribution in [3.63, 3.8) is 0 Å². The van der Waals surface area contributed by atoms with Crippen LogP contribution in [0.15, 0.2) is 22.0 Å². The van der Waals surface area contributed by atoms with Gasteiger partial charge in [-0.1, -0.05) is 23.0 Å². The van der Waals surface area contributed by atoms with Crippen molar-refractivity contribution in [2.75, 3.05) is 45.0 Å². The number of amides is 2.